The van der Waals surface area contributed by atoms with Gasteiger partial charge < -0.3 is 10.1 Å². The first kappa shape index (κ1) is 19.8. The molecule has 0 saturated heterocycles. The van der Waals surface area contributed by atoms with Gasteiger partial charge >= 0.3 is 5.69 Å². The van der Waals surface area contributed by atoms with Crippen molar-refractivity contribution in [3.8, 4) is 5.75 Å². The van der Waals surface area contributed by atoms with E-state index in [9.17, 15) is 14.4 Å². The Balaban J connectivity index is 1.74. The van der Waals surface area contributed by atoms with Crippen LogP contribution in [-0.4, -0.2) is 32.5 Å². The smallest absolute Gasteiger partial charge is 0.329 e. The van der Waals surface area contributed by atoms with Crippen molar-refractivity contribution in [1.82, 2.24) is 24.8 Å². The van der Waals surface area contributed by atoms with E-state index < -0.39 is 17.2 Å². The minimum atomic E-state index is -0.626. The third kappa shape index (κ3) is 3.36. The first-order chi connectivity index (χ1) is 14.3. The second-order valence-corrected chi connectivity index (χ2v) is 7.61. The molecule has 1 saturated carbocycles. The SMILES string of the molecule is COc1c(C)cnc(CNC(=O)c2cc(C3CC3)nc3c2c(=O)[nH]c(=O)n3C)c1C. The van der Waals surface area contributed by atoms with Gasteiger partial charge in [-0.05, 0) is 32.8 Å². The molecule has 0 atom stereocenters. The van der Waals surface area contributed by atoms with Crippen LogP contribution in [-0.2, 0) is 13.6 Å². The fourth-order valence-corrected chi connectivity index (χ4v) is 3.63. The fourth-order valence-electron chi connectivity index (χ4n) is 3.63. The molecule has 0 unspecified atom stereocenters. The average Bonchev–Trinajstić information content (AvgIpc) is 3.56. The summed E-state index contributed by atoms with van der Waals surface area (Å²) >= 11 is 0. The highest BCUT2D eigenvalue weighted by Crippen LogP contribution is 2.39. The van der Waals surface area contributed by atoms with Crippen LogP contribution in [0.15, 0.2) is 21.9 Å². The van der Waals surface area contributed by atoms with E-state index in [1.54, 1.807) is 19.4 Å². The molecule has 156 valence electrons. The predicted molar refractivity (Wildman–Crippen MR) is 111 cm³/mol. The number of carbonyl (C=O) groups excluding carboxylic acids is 1. The summed E-state index contributed by atoms with van der Waals surface area (Å²) in [5.41, 5.74) is 2.38. The summed E-state index contributed by atoms with van der Waals surface area (Å²) in [6.07, 6.45) is 3.65. The zero-order valence-corrected chi connectivity index (χ0v) is 17.3. The number of hydrogen-bond acceptors (Lipinski definition) is 6. The molecule has 0 radical (unpaired) electrons. The highest BCUT2D eigenvalue weighted by atomic mass is 16.5. The molecule has 1 aliphatic rings. The minimum absolute atomic E-state index is 0.102. The van der Waals surface area contributed by atoms with Crippen LogP contribution in [0.1, 0.15) is 51.6 Å². The van der Waals surface area contributed by atoms with Gasteiger partial charge in [0.05, 0.1) is 30.3 Å². The lowest BCUT2D eigenvalue weighted by Gasteiger charge is -2.14. The number of hydrogen-bond donors (Lipinski definition) is 2. The maximum Gasteiger partial charge on any atom is 0.329 e. The van der Waals surface area contributed by atoms with Crippen molar-refractivity contribution >= 4 is 16.9 Å². The van der Waals surface area contributed by atoms with Crippen molar-refractivity contribution in [2.24, 2.45) is 7.05 Å². The molecule has 0 aromatic carbocycles. The number of nitrogens with zero attached hydrogens (tertiary/aromatic N) is 3. The van der Waals surface area contributed by atoms with Crippen molar-refractivity contribution in [2.45, 2.75) is 39.2 Å². The third-order valence-corrected chi connectivity index (χ3v) is 5.50. The molecule has 4 rings (SSSR count). The first-order valence-corrected chi connectivity index (χ1v) is 9.73. The molecule has 3 aromatic rings. The number of H-pyrrole nitrogens is 1. The highest BCUT2D eigenvalue weighted by Gasteiger charge is 2.28. The van der Waals surface area contributed by atoms with Crippen LogP contribution in [0.25, 0.3) is 11.0 Å². The molecule has 30 heavy (non-hydrogen) atoms. The van der Waals surface area contributed by atoms with E-state index in [0.29, 0.717) is 5.69 Å². The van der Waals surface area contributed by atoms with Gasteiger partial charge in [0.2, 0.25) is 0 Å². The maximum atomic E-state index is 13.1. The van der Waals surface area contributed by atoms with E-state index in [1.165, 1.54) is 11.6 Å². The van der Waals surface area contributed by atoms with E-state index in [0.717, 1.165) is 35.4 Å². The Morgan fingerprint density at radius 2 is 2.07 bits per heavy atom. The number of aromatic amines is 1. The highest BCUT2D eigenvalue weighted by molar-refractivity contribution is 6.05. The van der Waals surface area contributed by atoms with Gasteiger partial charge in [0.25, 0.3) is 11.5 Å². The lowest BCUT2D eigenvalue weighted by Crippen LogP contribution is -2.32. The van der Waals surface area contributed by atoms with Crippen LogP contribution in [0, 0.1) is 13.8 Å². The summed E-state index contributed by atoms with van der Waals surface area (Å²) < 4.78 is 6.68. The number of nitrogens with one attached hydrogen (secondary N) is 2. The Kier molecular flexibility index (Phi) is 4.89. The van der Waals surface area contributed by atoms with Crippen LogP contribution >= 0.6 is 0 Å². The zero-order chi connectivity index (χ0) is 21.6. The number of rotatable bonds is 5. The maximum absolute atomic E-state index is 13.1. The van der Waals surface area contributed by atoms with Gasteiger partial charge in [0, 0.05) is 36.0 Å². The Morgan fingerprint density at radius 3 is 2.73 bits per heavy atom. The average molecular weight is 409 g/mol. The van der Waals surface area contributed by atoms with E-state index in [-0.39, 0.29) is 29.1 Å². The monoisotopic (exact) mass is 409 g/mol. The largest absolute Gasteiger partial charge is 0.496 e. The quantitative estimate of drug-likeness (QED) is 0.658. The third-order valence-electron chi connectivity index (χ3n) is 5.50. The number of amides is 1. The van der Waals surface area contributed by atoms with Crippen LogP contribution < -0.4 is 21.3 Å². The van der Waals surface area contributed by atoms with E-state index in [1.807, 2.05) is 13.8 Å². The second kappa shape index (κ2) is 7.40. The number of aromatic nitrogens is 4. The second-order valence-electron chi connectivity index (χ2n) is 7.61. The van der Waals surface area contributed by atoms with E-state index >= 15 is 0 Å². The van der Waals surface area contributed by atoms with Crippen molar-refractivity contribution < 1.29 is 9.53 Å². The fraction of sp³-hybridized carbons (Fsp3) is 0.381. The molecule has 3 heterocycles. The molecule has 0 spiro atoms. The van der Waals surface area contributed by atoms with E-state index in [2.05, 4.69) is 20.3 Å². The standard InChI is InChI=1S/C21H23N5O4/c1-10-8-22-15(11(2)17(10)30-4)9-23-19(27)13-7-14(12-5-6-12)24-18-16(13)20(28)25-21(29)26(18)3/h7-8,12H,5-6,9H2,1-4H3,(H,23,27)(H,25,28,29). The normalized spacial score (nSPS) is 13.5. The van der Waals surface area contributed by atoms with Gasteiger partial charge in [-0.1, -0.05) is 0 Å². The lowest BCUT2D eigenvalue weighted by atomic mass is 10.1. The lowest BCUT2D eigenvalue weighted by molar-refractivity contribution is 0.0951. The number of fused-ring (bicyclic) bond motifs is 1. The summed E-state index contributed by atoms with van der Waals surface area (Å²) in [5, 5.41) is 2.94. The number of carbonyl (C=O) groups is 1. The van der Waals surface area contributed by atoms with Gasteiger partial charge in [-0.25, -0.2) is 9.78 Å². The van der Waals surface area contributed by atoms with Crippen molar-refractivity contribution in [2.75, 3.05) is 7.11 Å². The van der Waals surface area contributed by atoms with Gasteiger partial charge in [-0.2, -0.15) is 0 Å². The Morgan fingerprint density at radius 1 is 1.33 bits per heavy atom. The molecule has 9 nitrogen and oxygen atoms in total. The van der Waals surface area contributed by atoms with Gasteiger partial charge in [0.15, 0.2) is 0 Å². The first-order valence-electron chi connectivity index (χ1n) is 9.73. The molecule has 1 fully saturated rings. The summed E-state index contributed by atoms with van der Waals surface area (Å²) in [5.74, 6) is 0.556. The Labute approximate surface area is 172 Å². The van der Waals surface area contributed by atoms with E-state index in [4.69, 9.17) is 4.74 Å². The summed E-state index contributed by atoms with van der Waals surface area (Å²) in [4.78, 5) is 48.7. The van der Waals surface area contributed by atoms with Crippen LogP contribution in [0.5, 0.6) is 5.75 Å². The van der Waals surface area contributed by atoms with Crippen LogP contribution in [0.4, 0.5) is 0 Å². The molecular weight excluding hydrogens is 386 g/mol. The molecule has 2 N–H and O–H groups in total. The Hall–Kier alpha value is -3.49. The predicted octanol–water partition coefficient (Wildman–Crippen LogP) is 1.45. The van der Waals surface area contributed by atoms with Crippen LogP contribution in [0.3, 0.4) is 0 Å². The molecular formula is C21H23N5O4. The molecule has 0 aliphatic heterocycles. The summed E-state index contributed by atoms with van der Waals surface area (Å²) in [6.45, 7) is 3.96. The zero-order valence-electron chi connectivity index (χ0n) is 17.3. The van der Waals surface area contributed by atoms with Crippen LogP contribution in [0.2, 0.25) is 0 Å². The number of methoxy groups -OCH3 is 1. The molecule has 1 aliphatic carbocycles. The number of aryl methyl sites for hydroxylation is 2. The molecule has 0 bridgehead atoms. The molecule has 9 heteroatoms. The van der Waals surface area contributed by atoms with Crippen molar-refractivity contribution in [1.29, 1.82) is 0 Å². The van der Waals surface area contributed by atoms with Gasteiger partial charge in [0.1, 0.15) is 11.4 Å². The summed E-state index contributed by atoms with van der Waals surface area (Å²) in [6, 6.07) is 1.66. The van der Waals surface area contributed by atoms with Crippen molar-refractivity contribution in [3.63, 3.8) is 0 Å². The van der Waals surface area contributed by atoms with Gasteiger partial charge in [-0.3, -0.25) is 24.1 Å². The van der Waals surface area contributed by atoms with Crippen molar-refractivity contribution in [3.05, 3.63) is 61.2 Å². The number of ether oxygens (including phenoxy) is 1. The number of pyridine rings is 2. The minimum Gasteiger partial charge on any atom is -0.496 e. The molecule has 3 aromatic heterocycles. The topological polar surface area (TPSA) is 119 Å². The summed E-state index contributed by atoms with van der Waals surface area (Å²) in [7, 11) is 3.12. The molecule has 1 amide bonds. The van der Waals surface area contributed by atoms with Gasteiger partial charge in [-0.15, -0.1) is 0 Å². The Bertz CT molecular complexity index is 1290.